The summed E-state index contributed by atoms with van der Waals surface area (Å²) in [4.78, 5) is 26.0. The number of carbonyl (C=O) groups excluding carboxylic acids is 1. The molecule has 9 heteroatoms. The lowest BCUT2D eigenvalue weighted by Crippen LogP contribution is -2.67. The number of aliphatic hydroxyl groups is 3. The van der Waals surface area contributed by atoms with Crippen LogP contribution in [0.2, 0.25) is 0 Å². The summed E-state index contributed by atoms with van der Waals surface area (Å²) >= 11 is 0. The van der Waals surface area contributed by atoms with Gasteiger partial charge in [0.15, 0.2) is 6.29 Å². The van der Waals surface area contributed by atoms with E-state index < -0.39 is 48.6 Å². The van der Waals surface area contributed by atoms with Crippen LogP contribution in [0, 0.1) is 50.2 Å². The molecule has 6 rings (SSSR count). The second kappa shape index (κ2) is 13.6. The highest BCUT2D eigenvalue weighted by atomic mass is 16.7. The van der Waals surface area contributed by atoms with Gasteiger partial charge in [-0.05, 0) is 115 Å². The Labute approximate surface area is 306 Å². The molecule has 5 fully saturated rings. The van der Waals surface area contributed by atoms with Crippen molar-refractivity contribution in [1.29, 1.82) is 0 Å². The van der Waals surface area contributed by atoms with Crippen LogP contribution < -0.4 is 5.32 Å². The lowest BCUT2D eigenvalue weighted by atomic mass is 9.33. The maximum Gasteiger partial charge on any atom is 0.310 e. The summed E-state index contributed by atoms with van der Waals surface area (Å²) in [6, 6.07) is -0.952. The van der Waals surface area contributed by atoms with E-state index in [0.717, 1.165) is 83.5 Å². The largest absolute Gasteiger partial charge is 0.481 e. The Bertz CT molecular complexity index is 1360. The average Bonchev–Trinajstić information content (AvgIpc) is 3.05. The number of hydrogen-bond donors (Lipinski definition) is 5. The molecule has 0 aromatic carbocycles. The van der Waals surface area contributed by atoms with Gasteiger partial charge in [-0.25, -0.2) is 0 Å². The Kier molecular flexibility index (Phi) is 10.5. The second-order valence-electron chi connectivity index (χ2n) is 19.9. The van der Waals surface area contributed by atoms with Crippen LogP contribution in [0.3, 0.4) is 0 Å². The van der Waals surface area contributed by atoms with Gasteiger partial charge in [0.2, 0.25) is 5.91 Å². The number of amides is 1. The normalized spacial score (nSPS) is 47.1. The van der Waals surface area contributed by atoms with Crippen molar-refractivity contribution in [2.75, 3.05) is 6.61 Å². The molecule has 1 saturated heterocycles. The van der Waals surface area contributed by atoms with E-state index in [1.807, 2.05) is 0 Å². The number of nitrogens with one attached hydrogen (secondary N) is 1. The molecule has 0 radical (unpaired) electrons. The van der Waals surface area contributed by atoms with Gasteiger partial charge in [-0.3, -0.25) is 9.59 Å². The molecule has 0 bridgehead atoms. The number of carbonyl (C=O) groups is 2. The van der Waals surface area contributed by atoms with E-state index in [-0.39, 0.29) is 45.0 Å². The molecule has 0 aromatic rings. The summed E-state index contributed by atoms with van der Waals surface area (Å²) in [7, 11) is 0. The fourth-order valence-corrected chi connectivity index (χ4v) is 13.2. The number of ether oxygens (including phenoxy) is 2. The number of hydrogen-bond acceptors (Lipinski definition) is 7. The van der Waals surface area contributed by atoms with Crippen molar-refractivity contribution in [3.05, 3.63) is 11.6 Å². The first-order valence-electron chi connectivity index (χ1n) is 20.3. The van der Waals surface area contributed by atoms with Gasteiger partial charge < -0.3 is 35.2 Å². The van der Waals surface area contributed by atoms with Crippen LogP contribution in [0.25, 0.3) is 0 Å². The monoisotopic (exact) mass is 716 g/mol. The molecule has 290 valence electrons. The summed E-state index contributed by atoms with van der Waals surface area (Å²) in [6.07, 6.45) is 9.80. The van der Waals surface area contributed by atoms with Crippen molar-refractivity contribution in [3.63, 3.8) is 0 Å². The van der Waals surface area contributed by atoms with Gasteiger partial charge >= 0.3 is 5.97 Å². The molecule has 1 aliphatic heterocycles. The fourth-order valence-electron chi connectivity index (χ4n) is 13.2. The topological polar surface area (TPSA) is 146 Å². The SMILES string of the molecule is CCCCCC(=O)N[C@H]1[C@H](O[C@H]2CC[C@]3(C)[C@H]4CC=C5[C@@H]6CC(C)(C)CC[C@]6(C(=O)O)CC[C@@]5(C)[C@]4(C)CC[C@H]3C2(C)C)O[C@H](CO)[C@@H](O)[C@@H]1O. The van der Waals surface area contributed by atoms with Gasteiger partial charge in [0.05, 0.1) is 18.1 Å². The van der Waals surface area contributed by atoms with Gasteiger partial charge in [-0.1, -0.05) is 79.9 Å². The molecular weight excluding hydrogens is 646 g/mol. The van der Waals surface area contributed by atoms with Crippen molar-refractivity contribution in [3.8, 4) is 0 Å². The molecule has 5 N–H and O–H groups in total. The maximum absolute atomic E-state index is 13.0. The van der Waals surface area contributed by atoms with E-state index in [9.17, 15) is 30.0 Å². The molecule has 0 spiro atoms. The number of aliphatic carboxylic acids is 1. The van der Waals surface area contributed by atoms with Crippen molar-refractivity contribution in [2.24, 2.45) is 50.2 Å². The molecule has 5 aliphatic carbocycles. The average molecular weight is 716 g/mol. The molecular formula is C42H69NO8. The minimum absolute atomic E-state index is 0.0399. The number of carboxylic acid groups (broad SMARTS) is 1. The third-order valence-electron chi connectivity index (χ3n) is 16.5. The van der Waals surface area contributed by atoms with E-state index in [2.05, 4.69) is 66.8 Å². The summed E-state index contributed by atoms with van der Waals surface area (Å²) < 4.78 is 12.9. The van der Waals surface area contributed by atoms with Crippen LogP contribution in [0.1, 0.15) is 145 Å². The van der Waals surface area contributed by atoms with E-state index in [4.69, 9.17) is 9.47 Å². The molecule has 6 aliphatic rings. The number of aliphatic hydroxyl groups excluding tert-OH is 3. The Hall–Kier alpha value is -1.52. The highest BCUT2D eigenvalue weighted by Crippen LogP contribution is 2.76. The van der Waals surface area contributed by atoms with E-state index in [1.54, 1.807) is 0 Å². The standard InChI is InChI=1S/C42H69NO8/c1-9-10-11-12-31(45)43-32-34(47)33(46)27(24-44)50-35(32)51-30-16-17-39(6)28(38(30,4)5)15-18-41(8)29(39)14-13-25-26-23-37(2,3)19-21-42(26,36(48)49)22-20-40(25,41)7/h13,26-30,32-35,44,46-47H,9-12,14-24H2,1-8H3,(H,43,45)(H,48,49)/t26-,27+,28-,29+,30-,32+,33+,34+,35-,39-,40+,41+,42-/m0/s1. The predicted octanol–water partition coefficient (Wildman–Crippen LogP) is 6.76. The van der Waals surface area contributed by atoms with Crippen LogP contribution in [-0.4, -0.2) is 75.7 Å². The van der Waals surface area contributed by atoms with Crippen molar-refractivity contribution >= 4 is 11.9 Å². The molecule has 4 saturated carbocycles. The van der Waals surface area contributed by atoms with Crippen LogP contribution in [0.15, 0.2) is 11.6 Å². The lowest BCUT2D eigenvalue weighted by Gasteiger charge is -2.71. The number of unbranched alkanes of at least 4 members (excludes halogenated alkanes) is 2. The van der Waals surface area contributed by atoms with Gasteiger partial charge in [0.1, 0.15) is 24.4 Å². The van der Waals surface area contributed by atoms with Gasteiger partial charge in [0, 0.05) is 6.42 Å². The molecule has 0 aromatic heterocycles. The third kappa shape index (κ3) is 6.15. The number of fused-ring (bicyclic) bond motifs is 7. The quantitative estimate of drug-likeness (QED) is 0.100. The Morgan fingerprint density at radius 1 is 0.922 bits per heavy atom. The fraction of sp³-hybridized carbons (Fsp3) is 0.905. The van der Waals surface area contributed by atoms with Crippen molar-refractivity contribution < 1.29 is 39.5 Å². The van der Waals surface area contributed by atoms with Crippen molar-refractivity contribution in [1.82, 2.24) is 5.32 Å². The smallest absolute Gasteiger partial charge is 0.310 e. The lowest BCUT2D eigenvalue weighted by molar-refractivity contribution is -0.306. The molecule has 51 heavy (non-hydrogen) atoms. The zero-order valence-corrected chi connectivity index (χ0v) is 32.8. The predicted molar refractivity (Wildman–Crippen MR) is 195 cm³/mol. The zero-order valence-electron chi connectivity index (χ0n) is 32.8. The number of carboxylic acids is 1. The molecule has 1 heterocycles. The highest BCUT2D eigenvalue weighted by molar-refractivity contribution is 5.77. The maximum atomic E-state index is 13.0. The summed E-state index contributed by atoms with van der Waals surface area (Å²) in [6.45, 7) is 18.4. The first kappa shape index (κ1) is 39.2. The molecule has 9 nitrogen and oxygen atoms in total. The molecule has 0 unspecified atom stereocenters. The van der Waals surface area contributed by atoms with Gasteiger partial charge in [0.25, 0.3) is 0 Å². The van der Waals surface area contributed by atoms with Gasteiger partial charge in [-0.15, -0.1) is 0 Å². The van der Waals surface area contributed by atoms with Crippen molar-refractivity contribution in [2.45, 2.75) is 182 Å². The number of allylic oxidation sites excluding steroid dienone is 2. The number of rotatable bonds is 9. The first-order valence-corrected chi connectivity index (χ1v) is 20.3. The van der Waals surface area contributed by atoms with Crippen LogP contribution >= 0.6 is 0 Å². The minimum atomic E-state index is -1.35. The summed E-state index contributed by atoms with van der Waals surface area (Å²) in [5, 5.41) is 45.5. The van der Waals surface area contributed by atoms with Crippen LogP contribution in [0.4, 0.5) is 0 Å². The second-order valence-corrected chi connectivity index (χ2v) is 19.9. The Morgan fingerprint density at radius 3 is 2.29 bits per heavy atom. The zero-order chi connectivity index (χ0) is 37.4. The summed E-state index contributed by atoms with van der Waals surface area (Å²) in [5.41, 5.74) is 0.716. The third-order valence-corrected chi connectivity index (χ3v) is 16.5. The van der Waals surface area contributed by atoms with E-state index in [1.165, 1.54) is 5.57 Å². The van der Waals surface area contributed by atoms with Gasteiger partial charge in [-0.2, -0.15) is 0 Å². The van der Waals surface area contributed by atoms with E-state index in [0.29, 0.717) is 18.3 Å². The van der Waals surface area contributed by atoms with E-state index >= 15 is 0 Å². The molecule has 13 atom stereocenters. The molecule has 1 amide bonds. The minimum Gasteiger partial charge on any atom is -0.481 e. The Morgan fingerprint density at radius 2 is 1.63 bits per heavy atom. The van der Waals surface area contributed by atoms with Crippen LogP contribution in [-0.2, 0) is 19.1 Å². The van der Waals surface area contributed by atoms with Crippen LogP contribution in [0.5, 0.6) is 0 Å². The summed E-state index contributed by atoms with van der Waals surface area (Å²) in [5.74, 6) is 0.0869. The Balaban J connectivity index is 1.26. The highest BCUT2D eigenvalue weighted by Gasteiger charge is 2.69. The first-order chi connectivity index (χ1) is 23.8.